The van der Waals surface area contributed by atoms with Gasteiger partial charge in [0.15, 0.2) is 0 Å². The second-order valence-corrected chi connectivity index (χ2v) is 15.8. The third-order valence-corrected chi connectivity index (χ3v) is 10.7. The Morgan fingerprint density at radius 1 is 0.550 bits per heavy atom. The minimum Gasteiger partial charge on any atom is -0.510 e. The van der Waals surface area contributed by atoms with Gasteiger partial charge in [0.1, 0.15) is 5.82 Å². The van der Waals surface area contributed by atoms with Crippen LogP contribution in [0.1, 0.15) is 26.5 Å². The van der Waals surface area contributed by atoms with Crippen molar-refractivity contribution in [2.45, 2.75) is 26.2 Å². The molecule has 0 saturated heterocycles. The molecule has 0 N–H and O–H groups in total. The molecule has 6 heteroatoms. The third kappa shape index (κ3) is 7.49. The Bertz CT molecular complexity index is 3040. The molecule has 3 heterocycles. The van der Waals surface area contributed by atoms with E-state index in [1.54, 1.807) is 0 Å². The summed E-state index contributed by atoms with van der Waals surface area (Å²) in [4.78, 5) is 4.70. The average molecular weight is 956 g/mol. The van der Waals surface area contributed by atoms with Gasteiger partial charge in [0.05, 0.1) is 11.4 Å². The van der Waals surface area contributed by atoms with Crippen LogP contribution in [0.2, 0.25) is 0 Å². The van der Waals surface area contributed by atoms with E-state index in [0.29, 0.717) is 11.5 Å². The fraction of sp³-hybridized carbons (Fsp3) is 0.0741. The summed E-state index contributed by atoms with van der Waals surface area (Å²) >= 11 is 0. The number of benzene rings is 7. The van der Waals surface area contributed by atoms with E-state index in [0.717, 1.165) is 78.1 Å². The molecule has 0 unspecified atom stereocenters. The third-order valence-electron chi connectivity index (χ3n) is 10.7. The number of para-hydroxylation sites is 1. The second kappa shape index (κ2) is 16.1. The number of rotatable bonds is 8. The Morgan fingerprint density at radius 3 is 1.77 bits per heavy atom. The molecule has 0 saturated carbocycles. The molecular weight excluding hydrogens is 916 g/mol. The molecule has 3 aromatic heterocycles. The standard InChI is InChI=1S/C54H40N4O.Pt/c1-54(2,3)52-36-56(37-57(52)45-31-41(38-17-7-4-8-18-38)29-42(32-45)39-19-9-5-10-20-39)44-30-43(40-21-11-6-12-22-40)33-47(34-44)59-46-26-27-49-48-23-13-14-24-50(48)58(51(49)35-46)53-25-15-16-28-55-53;/h4-33,36H,1-3H3;/q-2;. The topological polar surface area (TPSA) is 35.9 Å². The quantitative estimate of drug-likeness (QED) is 0.112. The molecule has 0 amide bonds. The van der Waals surface area contributed by atoms with Crippen LogP contribution >= 0.6 is 0 Å². The molecule has 0 radical (unpaired) electrons. The molecule has 0 aliphatic heterocycles. The van der Waals surface area contributed by atoms with Gasteiger partial charge in [0, 0.05) is 50.5 Å². The van der Waals surface area contributed by atoms with Crippen molar-refractivity contribution in [3.8, 4) is 62.1 Å². The van der Waals surface area contributed by atoms with Crippen LogP contribution in [-0.2, 0) is 26.5 Å². The van der Waals surface area contributed by atoms with E-state index in [1.807, 2.05) is 47.2 Å². The minimum atomic E-state index is -0.218. The molecule has 0 spiro atoms. The van der Waals surface area contributed by atoms with E-state index in [2.05, 4.69) is 194 Å². The van der Waals surface area contributed by atoms with Crippen LogP contribution in [0, 0.1) is 18.5 Å². The number of nitrogens with zero attached hydrogens (tertiary/aromatic N) is 4. The molecule has 294 valence electrons. The number of imidazole rings is 1. The first-order valence-corrected chi connectivity index (χ1v) is 19.9. The predicted octanol–water partition coefficient (Wildman–Crippen LogP) is 12.7. The van der Waals surface area contributed by atoms with E-state index in [4.69, 9.17) is 9.72 Å². The molecule has 5 nitrogen and oxygen atoms in total. The predicted molar refractivity (Wildman–Crippen MR) is 237 cm³/mol. The molecule has 10 rings (SSSR count). The van der Waals surface area contributed by atoms with Crippen molar-refractivity contribution in [3.05, 3.63) is 212 Å². The van der Waals surface area contributed by atoms with Crippen molar-refractivity contribution in [2.24, 2.45) is 0 Å². The van der Waals surface area contributed by atoms with Crippen molar-refractivity contribution in [3.63, 3.8) is 0 Å². The Balaban J connectivity index is 0.00000462. The molecule has 0 aliphatic rings. The van der Waals surface area contributed by atoms with Crippen molar-refractivity contribution in [1.29, 1.82) is 0 Å². The maximum absolute atomic E-state index is 6.74. The molecule has 0 bridgehead atoms. The van der Waals surface area contributed by atoms with Crippen LogP contribution in [-0.4, -0.2) is 14.1 Å². The van der Waals surface area contributed by atoms with Crippen LogP contribution in [0.4, 0.5) is 0 Å². The van der Waals surface area contributed by atoms with Gasteiger partial charge < -0.3 is 13.9 Å². The summed E-state index contributed by atoms with van der Waals surface area (Å²) in [5.74, 6) is 1.97. The van der Waals surface area contributed by atoms with Crippen LogP contribution in [0.15, 0.2) is 188 Å². The number of ether oxygens (including phenoxy) is 1. The van der Waals surface area contributed by atoms with E-state index < -0.39 is 0 Å². The van der Waals surface area contributed by atoms with Crippen LogP contribution < -0.4 is 9.30 Å². The van der Waals surface area contributed by atoms with E-state index in [9.17, 15) is 0 Å². The van der Waals surface area contributed by atoms with Gasteiger partial charge in [-0.15, -0.1) is 35.2 Å². The monoisotopic (exact) mass is 955 g/mol. The van der Waals surface area contributed by atoms with Crippen LogP contribution in [0.25, 0.3) is 72.4 Å². The summed E-state index contributed by atoms with van der Waals surface area (Å²) in [6.45, 7) is 6.72. The Labute approximate surface area is 365 Å². The number of hydrogen-bond acceptors (Lipinski definition) is 2. The first-order valence-electron chi connectivity index (χ1n) is 19.9. The molecule has 7 aromatic carbocycles. The molecule has 0 fully saturated rings. The van der Waals surface area contributed by atoms with Gasteiger partial charge in [0.25, 0.3) is 6.33 Å². The Morgan fingerprint density at radius 2 is 1.15 bits per heavy atom. The Kier molecular flexibility index (Phi) is 10.4. The molecule has 60 heavy (non-hydrogen) atoms. The zero-order valence-corrected chi connectivity index (χ0v) is 35.7. The number of pyridine rings is 1. The van der Waals surface area contributed by atoms with Gasteiger partial charge in [-0.1, -0.05) is 142 Å². The van der Waals surface area contributed by atoms with Crippen LogP contribution in [0.5, 0.6) is 11.5 Å². The van der Waals surface area contributed by atoms with Gasteiger partial charge in [0.2, 0.25) is 0 Å². The number of aromatic nitrogens is 4. The molecule has 0 aliphatic carbocycles. The van der Waals surface area contributed by atoms with Gasteiger partial charge in [-0.3, -0.25) is 4.57 Å². The van der Waals surface area contributed by atoms with Crippen molar-refractivity contribution >= 4 is 21.8 Å². The zero-order valence-electron chi connectivity index (χ0n) is 33.4. The Hall–Kier alpha value is -6.81. The summed E-state index contributed by atoms with van der Waals surface area (Å²) in [5, 5.41) is 2.21. The van der Waals surface area contributed by atoms with Crippen molar-refractivity contribution in [1.82, 2.24) is 14.1 Å². The first-order chi connectivity index (χ1) is 28.9. The van der Waals surface area contributed by atoms with Crippen LogP contribution in [0.3, 0.4) is 0 Å². The van der Waals surface area contributed by atoms with Crippen molar-refractivity contribution in [2.75, 3.05) is 0 Å². The molecule has 10 aromatic rings. The average Bonchev–Trinajstić information content (AvgIpc) is 3.88. The summed E-state index contributed by atoms with van der Waals surface area (Å²) in [7, 11) is 0. The smallest absolute Gasteiger partial charge is 0.267 e. The first kappa shape index (κ1) is 38.7. The minimum absolute atomic E-state index is 0. The van der Waals surface area contributed by atoms with Gasteiger partial charge in [-0.25, -0.2) is 4.98 Å². The van der Waals surface area contributed by atoms with Crippen molar-refractivity contribution < 1.29 is 30.4 Å². The summed E-state index contributed by atoms with van der Waals surface area (Å²) in [6.07, 6.45) is 7.73. The maximum atomic E-state index is 6.74. The fourth-order valence-corrected chi connectivity index (χ4v) is 7.84. The fourth-order valence-electron chi connectivity index (χ4n) is 7.84. The SMILES string of the molecule is CC(C)(C)c1cn(-c2[c-]c(Oc3[c-]c4c(cc3)c3ccccc3n4-c3ccccn3)cc(-c3ccccc3)c2)[c-][n+]1-c1cc(-c2ccccc2)cc(-c2ccccc2)c1.[Pt]. The number of fused-ring (bicyclic) bond motifs is 3. The van der Waals surface area contributed by atoms with E-state index in [1.165, 1.54) is 0 Å². The van der Waals surface area contributed by atoms with Gasteiger partial charge in [-0.05, 0) is 80.7 Å². The summed E-state index contributed by atoms with van der Waals surface area (Å²) < 4.78 is 13.1. The zero-order chi connectivity index (χ0) is 39.9. The number of hydrogen-bond donors (Lipinski definition) is 0. The summed E-state index contributed by atoms with van der Waals surface area (Å²) in [5.41, 5.74) is 11.3. The maximum Gasteiger partial charge on any atom is 0.267 e. The van der Waals surface area contributed by atoms with Gasteiger partial charge in [-0.2, -0.15) is 12.1 Å². The second-order valence-electron chi connectivity index (χ2n) is 15.8. The normalized spacial score (nSPS) is 11.4. The molecular formula is C54H40N4OPt-2. The largest absolute Gasteiger partial charge is 0.510 e. The van der Waals surface area contributed by atoms with E-state index in [-0.39, 0.29) is 26.5 Å². The molecule has 0 atom stereocenters. The summed E-state index contributed by atoms with van der Waals surface area (Å²) in [6, 6.07) is 68.1. The van der Waals surface area contributed by atoms with Gasteiger partial charge >= 0.3 is 0 Å². The van der Waals surface area contributed by atoms with E-state index >= 15 is 0 Å².